The van der Waals surface area contributed by atoms with Gasteiger partial charge in [0, 0.05) is 37.5 Å². The average molecular weight is 324 g/mol. The highest BCUT2D eigenvalue weighted by atomic mass is 32.2. The summed E-state index contributed by atoms with van der Waals surface area (Å²) in [6, 6.07) is 3.83. The molecule has 0 bridgehead atoms. The van der Waals surface area contributed by atoms with Crippen molar-refractivity contribution in [2.24, 2.45) is 4.99 Å². The summed E-state index contributed by atoms with van der Waals surface area (Å²) in [7, 11) is 0. The predicted molar refractivity (Wildman–Crippen MR) is 86.2 cm³/mol. The van der Waals surface area contributed by atoms with Crippen LogP contribution in [-0.4, -0.2) is 53.0 Å². The SMILES string of the molecule is CC1CN=C(N2CCN(c3ccc([N+](=O)[O-])cc3F)CC2)S1. The van der Waals surface area contributed by atoms with Gasteiger partial charge in [-0.1, -0.05) is 18.7 Å². The standard InChI is InChI=1S/C14H17FN4O2S/c1-10-9-16-14(22-10)18-6-4-17(5-7-18)13-3-2-11(19(20)21)8-12(13)15/h2-3,8,10H,4-7,9H2,1H3. The Morgan fingerprint density at radius 3 is 2.55 bits per heavy atom. The number of halogens is 1. The van der Waals surface area contributed by atoms with E-state index in [0.29, 0.717) is 24.0 Å². The van der Waals surface area contributed by atoms with Crippen LogP contribution in [0.1, 0.15) is 6.92 Å². The summed E-state index contributed by atoms with van der Waals surface area (Å²) in [5.74, 6) is -0.538. The van der Waals surface area contributed by atoms with Crippen molar-refractivity contribution in [3.63, 3.8) is 0 Å². The quantitative estimate of drug-likeness (QED) is 0.617. The van der Waals surface area contributed by atoms with Crippen LogP contribution >= 0.6 is 11.8 Å². The molecule has 0 aliphatic carbocycles. The number of nitrogens with zero attached hydrogens (tertiary/aromatic N) is 4. The second-order valence-corrected chi connectivity index (χ2v) is 6.82. The third-order valence-electron chi connectivity index (χ3n) is 3.82. The molecule has 1 saturated heterocycles. The summed E-state index contributed by atoms with van der Waals surface area (Å²) in [6.45, 7) is 5.95. The molecule has 0 radical (unpaired) electrons. The van der Waals surface area contributed by atoms with Crippen molar-refractivity contribution in [1.29, 1.82) is 0 Å². The van der Waals surface area contributed by atoms with E-state index in [1.807, 2.05) is 4.90 Å². The number of aliphatic imine (C=N–C) groups is 1. The van der Waals surface area contributed by atoms with E-state index >= 15 is 0 Å². The van der Waals surface area contributed by atoms with Gasteiger partial charge in [-0.05, 0) is 6.07 Å². The van der Waals surface area contributed by atoms with Gasteiger partial charge in [0.15, 0.2) is 11.0 Å². The summed E-state index contributed by atoms with van der Waals surface area (Å²) >= 11 is 1.79. The maximum absolute atomic E-state index is 14.1. The van der Waals surface area contributed by atoms with Crippen LogP contribution in [0.15, 0.2) is 23.2 Å². The lowest BCUT2D eigenvalue weighted by Crippen LogP contribution is -2.48. The van der Waals surface area contributed by atoms with Crippen molar-refractivity contribution >= 4 is 28.3 Å². The maximum Gasteiger partial charge on any atom is 0.272 e. The zero-order chi connectivity index (χ0) is 15.7. The number of piperazine rings is 1. The third-order valence-corrected chi connectivity index (χ3v) is 4.97. The van der Waals surface area contributed by atoms with Crippen molar-refractivity contribution in [3.05, 3.63) is 34.1 Å². The minimum atomic E-state index is -0.582. The monoisotopic (exact) mass is 324 g/mol. The predicted octanol–water partition coefficient (Wildman–Crippen LogP) is 2.35. The fraction of sp³-hybridized carbons (Fsp3) is 0.500. The van der Waals surface area contributed by atoms with E-state index in [2.05, 4.69) is 16.8 Å². The number of rotatable bonds is 2. The number of hydrogen-bond donors (Lipinski definition) is 0. The molecular formula is C14H17FN4O2S. The summed E-state index contributed by atoms with van der Waals surface area (Å²) in [6.07, 6.45) is 0. The lowest BCUT2D eigenvalue weighted by molar-refractivity contribution is -0.385. The molecule has 2 aliphatic rings. The first-order valence-corrected chi connectivity index (χ1v) is 8.07. The molecule has 1 aromatic rings. The molecule has 2 aliphatic heterocycles. The summed E-state index contributed by atoms with van der Waals surface area (Å²) in [5.41, 5.74) is 0.213. The molecule has 0 spiro atoms. The Kier molecular flexibility index (Phi) is 4.19. The van der Waals surface area contributed by atoms with Crippen molar-refractivity contribution in [2.75, 3.05) is 37.6 Å². The Labute approximate surface area is 132 Å². The minimum Gasteiger partial charge on any atom is -0.366 e. The van der Waals surface area contributed by atoms with Gasteiger partial charge in [-0.25, -0.2) is 4.39 Å². The van der Waals surface area contributed by atoms with E-state index in [1.165, 1.54) is 12.1 Å². The van der Waals surface area contributed by atoms with Gasteiger partial charge in [0.25, 0.3) is 5.69 Å². The van der Waals surface area contributed by atoms with Crippen LogP contribution < -0.4 is 4.90 Å². The smallest absolute Gasteiger partial charge is 0.272 e. The third kappa shape index (κ3) is 3.01. The molecule has 3 rings (SSSR count). The first kappa shape index (κ1) is 15.1. The molecule has 0 saturated carbocycles. The molecule has 1 unspecified atom stereocenters. The Morgan fingerprint density at radius 1 is 1.32 bits per heavy atom. The zero-order valence-electron chi connectivity index (χ0n) is 12.2. The summed E-state index contributed by atoms with van der Waals surface area (Å²) in [4.78, 5) is 18.8. The summed E-state index contributed by atoms with van der Waals surface area (Å²) in [5, 5.41) is 12.3. The highest BCUT2D eigenvalue weighted by Crippen LogP contribution is 2.27. The number of nitro benzene ring substituents is 1. The van der Waals surface area contributed by atoms with Crippen molar-refractivity contribution < 1.29 is 9.31 Å². The average Bonchev–Trinajstić information content (AvgIpc) is 2.94. The molecule has 6 nitrogen and oxygen atoms in total. The van der Waals surface area contributed by atoms with Gasteiger partial charge in [-0.3, -0.25) is 15.1 Å². The van der Waals surface area contributed by atoms with Crippen LogP contribution in [0.3, 0.4) is 0 Å². The number of non-ortho nitro benzene ring substituents is 1. The van der Waals surface area contributed by atoms with Gasteiger partial charge < -0.3 is 9.80 Å². The van der Waals surface area contributed by atoms with Gasteiger partial charge in [-0.2, -0.15) is 0 Å². The van der Waals surface area contributed by atoms with E-state index in [1.54, 1.807) is 11.8 Å². The van der Waals surface area contributed by atoms with Crippen molar-refractivity contribution in [3.8, 4) is 0 Å². The highest BCUT2D eigenvalue weighted by molar-refractivity contribution is 8.14. The minimum absolute atomic E-state index is 0.217. The van der Waals surface area contributed by atoms with Crippen LogP contribution in [0.4, 0.5) is 15.8 Å². The number of benzene rings is 1. The van der Waals surface area contributed by atoms with E-state index in [4.69, 9.17) is 0 Å². The van der Waals surface area contributed by atoms with Crippen LogP contribution in [0, 0.1) is 15.9 Å². The molecule has 1 fully saturated rings. The first-order valence-electron chi connectivity index (χ1n) is 7.19. The topological polar surface area (TPSA) is 62.0 Å². The molecule has 0 amide bonds. The number of nitro groups is 1. The summed E-state index contributed by atoms with van der Waals surface area (Å²) < 4.78 is 14.1. The Bertz CT molecular complexity index is 617. The Balaban J connectivity index is 1.65. The number of thioether (sulfide) groups is 1. The normalized spacial score (nSPS) is 21.9. The number of hydrogen-bond acceptors (Lipinski definition) is 6. The molecule has 1 atom stereocenters. The fourth-order valence-electron chi connectivity index (χ4n) is 2.64. The molecule has 0 N–H and O–H groups in total. The van der Waals surface area contributed by atoms with Gasteiger partial charge in [0.2, 0.25) is 0 Å². The van der Waals surface area contributed by atoms with Gasteiger partial charge in [0.05, 0.1) is 23.2 Å². The Hall–Kier alpha value is -1.83. The maximum atomic E-state index is 14.1. The van der Waals surface area contributed by atoms with Crippen LogP contribution in [0.25, 0.3) is 0 Å². The van der Waals surface area contributed by atoms with E-state index in [-0.39, 0.29) is 5.69 Å². The van der Waals surface area contributed by atoms with Crippen molar-refractivity contribution in [2.45, 2.75) is 12.2 Å². The van der Waals surface area contributed by atoms with Crippen LogP contribution in [-0.2, 0) is 0 Å². The first-order chi connectivity index (χ1) is 10.5. The van der Waals surface area contributed by atoms with Crippen LogP contribution in [0.2, 0.25) is 0 Å². The number of amidine groups is 1. The molecule has 0 aromatic heterocycles. The molecule has 8 heteroatoms. The van der Waals surface area contributed by atoms with Gasteiger partial charge in [-0.15, -0.1) is 0 Å². The second kappa shape index (κ2) is 6.12. The molecule has 22 heavy (non-hydrogen) atoms. The molecule has 118 valence electrons. The van der Waals surface area contributed by atoms with E-state index in [0.717, 1.165) is 30.9 Å². The fourth-order valence-corrected chi connectivity index (χ4v) is 3.63. The lowest BCUT2D eigenvalue weighted by Gasteiger charge is -2.37. The van der Waals surface area contributed by atoms with E-state index in [9.17, 15) is 14.5 Å². The largest absolute Gasteiger partial charge is 0.366 e. The van der Waals surface area contributed by atoms with Gasteiger partial charge in [0.1, 0.15) is 0 Å². The molecule has 1 aromatic carbocycles. The van der Waals surface area contributed by atoms with Crippen LogP contribution in [0.5, 0.6) is 0 Å². The zero-order valence-corrected chi connectivity index (χ0v) is 13.1. The molecular weight excluding hydrogens is 307 g/mol. The van der Waals surface area contributed by atoms with E-state index < -0.39 is 10.7 Å². The molecule has 2 heterocycles. The van der Waals surface area contributed by atoms with Crippen molar-refractivity contribution in [1.82, 2.24) is 4.90 Å². The lowest BCUT2D eigenvalue weighted by atomic mass is 10.2. The Morgan fingerprint density at radius 2 is 2.00 bits per heavy atom. The number of anilines is 1. The highest BCUT2D eigenvalue weighted by Gasteiger charge is 2.26. The second-order valence-electron chi connectivity index (χ2n) is 5.42. The van der Waals surface area contributed by atoms with Gasteiger partial charge >= 0.3 is 0 Å².